The molecule has 0 unspecified atom stereocenters. The SMILES string of the molecule is c1ccc2c(c1)[CH+]c1ccccc1CC2. The van der Waals surface area contributed by atoms with E-state index in [1.54, 1.807) is 0 Å². The molecule has 2 aromatic rings. The van der Waals surface area contributed by atoms with E-state index in [1.807, 2.05) is 0 Å². The van der Waals surface area contributed by atoms with Crippen LogP contribution in [-0.2, 0) is 12.8 Å². The third kappa shape index (κ3) is 1.52. The van der Waals surface area contributed by atoms with Crippen LogP contribution in [0.15, 0.2) is 48.5 Å². The van der Waals surface area contributed by atoms with Gasteiger partial charge in [0.15, 0.2) is 0 Å². The van der Waals surface area contributed by atoms with Crippen LogP contribution in [0.3, 0.4) is 0 Å². The summed E-state index contributed by atoms with van der Waals surface area (Å²) < 4.78 is 0. The average Bonchev–Trinajstić information content (AvgIpc) is 2.48. The van der Waals surface area contributed by atoms with Crippen molar-refractivity contribution < 1.29 is 0 Å². The van der Waals surface area contributed by atoms with Gasteiger partial charge in [0, 0.05) is 42.5 Å². The highest BCUT2D eigenvalue weighted by Crippen LogP contribution is 2.25. The molecule has 72 valence electrons. The molecule has 2 aromatic carbocycles. The first-order valence-electron chi connectivity index (χ1n) is 5.44. The first-order valence-corrected chi connectivity index (χ1v) is 5.44. The fourth-order valence-electron chi connectivity index (χ4n) is 2.24. The first kappa shape index (κ1) is 8.60. The van der Waals surface area contributed by atoms with Crippen molar-refractivity contribution >= 4 is 0 Å². The van der Waals surface area contributed by atoms with Gasteiger partial charge in [0.25, 0.3) is 0 Å². The van der Waals surface area contributed by atoms with Crippen LogP contribution < -0.4 is 0 Å². The second-order valence-electron chi connectivity index (χ2n) is 4.04. The van der Waals surface area contributed by atoms with Gasteiger partial charge in [0.2, 0.25) is 0 Å². The average molecular weight is 193 g/mol. The fourth-order valence-corrected chi connectivity index (χ4v) is 2.24. The molecule has 0 radical (unpaired) electrons. The van der Waals surface area contributed by atoms with E-state index < -0.39 is 0 Å². The van der Waals surface area contributed by atoms with Crippen molar-refractivity contribution in [1.82, 2.24) is 0 Å². The predicted molar refractivity (Wildman–Crippen MR) is 62.8 cm³/mol. The topological polar surface area (TPSA) is 0 Å². The van der Waals surface area contributed by atoms with Gasteiger partial charge in [-0.05, 0) is 36.4 Å². The fraction of sp³-hybridized carbons (Fsp3) is 0.133. The van der Waals surface area contributed by atoms with E-state index in [2.05, 4.69) is 55.0 Å². The smallest absolute Gasteiger partial charge is 0.0463 e. The Bertz CT molecular complexity index is 437. The monoisotopic (exact) mass is 193 g/mol. The molecule has 3 rings (SSSR count). The molecule has 0 heteroatoms. The van der Waals surface area contributed by atoms with Gasteiger partial charge in [0.1, 0.15) is 0 Å². The van der Waals surface area contributed by atoms with Gasteiger partial charge in [-0.15, -0.1) is 0 Å². The lowest BCUT2D eigenvalue weighted by atomic mass is 10.0. The minimum Gasteiger partial charge on any atom is -0.0463 e. The molecule has 0 saturated carbocycles. The van der Waals surface area contributed by atoms with Crippen molar-refractivity contribution in [1.29, 1.82) is 0 Å². The van der Waals surface area contributed by atoms with Gasteiger partial charge in [-0.3, -0.25) is 0 Å². The first-order chi connectivity index (χ1) is 7.43. The number of hydrogen-bond acceptors (Lipinski definition) is 0. The Labute approximate surface area is 90.6 Å². The molecule has 0 saturated heterocycles. The zero-order valence-electron chi connectivity index (χ0n) is 8.61. The molecule has 0 aliphatic heterocycles. The third-order valence-electron chi connectivity index (χ3n) is 3.08. The van der Waals surface area contributed by atoms with Crippen LogP contribution in [0.4, 0.5) is 0 Å². The largest absolute Gasteiger partial charge is 0.0756 e. The summed E-state index contributed by atoms with van der Waals surface area (Å²) in [4.78, 5) is 0. The normalized spacial score (nSPS) is 13.3. The number of fused-ring (bicyclic) bond motifs is 2. The zero-order chi connectivity index (χ0) is 10.1. The number of benzene rings is 2. The Morgan fingerprint density at radius 3 is 1.67 bits per heavy atom. The van der Waals surface area contributed by atoms with Crippen LogP contribution in [-0.4, -0.2) is 0 Å². The number of aryl methyl sites for hydroxylation is 2. The van der Waals surface area contributed by atoms with Crippen molar-refractivity contribution in [2.24, 2.45) is 0 Å². The molecule has 0 atom stereocenters. The molecule has 1 aliphatic carbocycles. The van der Waals surface area contributed by atoms with E-state index >= 15 is 0 Å². The Kier molecular flexibility index (Phi) is 1.99. The van der Waals surface area contributed by atoms with Crippen LogP contribution in [0.2, 0.25) is 0 Å². The van der Waals surface area contributed by atoms with Crippen molar-refractivity contribution in [3.8, 4) is 0 Å². The molecule has 0 spiro atoms. The Morgan fingerprint density at radius 2 is 1.13 bits per heavy atom. The van der Waals surface area contributed by atoms with E-state index in [0.717, 1.165) is 12.8 Å². The summed E-state index contributed by atoms with van der Waals surface area (Å²) in [6.07, 6.45) is 4.62. The predicted octanol–water partition coefficient (Wildman–Crippen LogP) is 3.39. The van der Waals surface area contributed by atoms with Gasteiger partial charge < -0.3 is 0 Å². The van der Waals surface area contributed by atoms with Gasteiger partial charge in [-0.25, -0.2) is 0 Å². The molecule has 15 heavy (non-hydrogen) atoms. The molecule has 0 amide bonds. The standard InChI is InChI=1S/C15H13/c1-3-7-14-11-15-8-4-2-6-13(15)10-9-12(14)5-1/h1-8,11H,9-10H2/q+1. The Hall–Kier alpha value is -1.69. The second kappa shape index (κ2) is 3.47. The summed E-state index contributed by atoms with van der Waals surface area (Å²) in [6, 6.07) is 17.4. The number of rotatable bonds is 0. The molecular formula is C15H13+. The zero-order valence-corrected chi connectivity index (χ0v) is 8.61. The Balaban J connectivity index is 2.10. The highest BCUT2D eigenvalue weighted by atomic mass is 14.2. The summed E-state index contributed by atoms with van der Waals surface area (Å²) in [5.74, 6) is 0. The summed E-state index contributed by atoms with van der Waals surface area (Å²) >= 11 is 0. The summed E-state index contributed by atoms with van der Waals surface area (Å²) in [5.41, 5.74) is 5.69. The summed E-state index contributed by atoms with van der Waals surface area (Å²) in [5, 5.41) is 0. The molecular weight excluding hydrogens is 180 g/mol. The molecule has 0 nitrogen and oxygen atoms in total. The van der Waals surface area contributed by atoms with E-state index in [9.17, 15) is 0 Å². The lowest BCUT2D eigenvalue weighted by molar-refractivity contribution is 0.965. The molecule has 0 aromatic heterocycles. The van der Waals surface area contributed by atoms with Gasteiger partial charge in [-0.2, -0.15) is 0 Å². The van der Waals surface area contributed by atoms with Gasteiger partial charge >= 0.3 is 0 Å². The van der Waals surface area contributed by atoms with E-state index in [-0.39, 0.29) is 0 Å². The summed E-state index contributed by atoms with van der Waals surface area (Å²) in [7, 11) is 0. The van der Waals surface area contributed by atoms with Crippen molar-refractivity contribution in [3.05, 3.63) is 77.2 Å². The highest BCUT2D eigenvalue weighted by molar-refractivity contribution is 5.48. The molecule has 0 fully saturated rings. The highest BCUT2D eigenvalue weighted by Gasteiger charge is 2.17. The molecule has 0 N–H and O–H groups in total. The minimum atomic E-state index is 1.16. The van der Waals surface area contributed by atoms with E-state index in [4.69, 9.17) is 0 Å². The molecule has 1 aliphatic rings. The molecule has 0 bridgehead atoms. The Morgan fingerprint density at radius 1 is 0.667 bits per heavy atom. The van der Waals surface area contributed by atoms with Crippen molar-refractivity contribution in [3.63, 3.8) is 0 Å². The summed E-state index contributed by atoms with van der Waals surface area (Å²) in [6.45, 7) is 0. The third-order valence-corrected chi connectivity index (χ3v) is 3.08. The lowest BCUT2D eigenvalue weighted by Crippen LogP contribution is -1.90. The van der Waals surface area contributed by atoms with Crippen LogP contribution in [0.25, 0.3) is 0 Å². The van der Waals surface area contributed by atoms with Gasteiger partial charge in [-0.1, -0.05) is 0 Å². The van der Waals surface area contributed by atoms with Crippen LogP contribution >= 0.6 is 0 Å². The number of hydrogen-bond donors (Lipinski definition) is 0. The maximum atomic E-state index is 2.30. The lowest BCUT2D eigenvalue weighted by Gasteiger charge is -1.97. The van der Waals surface area contributed by atoms with Crippen LogP contribution in [0.1, 0.15) is 22.3 Å². The van der Waals surface area contributed by atoms with E-state index in [0.29, 0.717) is 0 Å². The quantitative estimate of drug-likeness (QED) is 0.563. The van der Waals surface area contributed by atoms with Crippen molar-refractivity contribution in [2.75, 3.05) is 0 Å². The van der Waals surface area contributed by atoms with Crippen LogP contribution in [0.5, 0.6) is 0 Å². The maximum Gasteiger partial charge on any atom is 0.0756 e. The van der Waals surface area contributed by atoms with Crippen LogP contribution in [0, 0.1) is 6.42 Å². The van der Waals surface area contributed by atoms with E-state index in [1.165, 1.54) is 22.3 Å². The van der Waals surface area contributed by atoms with Crippen molar-refractivity contribution in [2.45, 2.75) is 12.8 Å². The minimum absolute atomic E-state index is 1.16. The molecule has 0 heterocycles. The van der Waals surface area contributed by atoms with Gasteiger partial charge in [0.05, 0.1) is 11.1 Å². The maximum absolute atomic E-state index is 2.30. The second-order valence-corrected chi connectivity index (χ2v) is 4.04.